The van der Waals surface area contributed by atoms with Gasteiger partial charge >= 0.3 is 0 Å². The van der Waals surface area contributed by atoms with Gasteiger partial charge in [0.05, 0.1) is 0 Å². The predicted molar refractivity (Wildman–Crippen MR) is 94.1 cm³/mol. The molecule has 24 heavy (non-hydrogen) atoms. The zero-order valence-electron chi connectivity index (χ0n) is 13.6. The van der Waals surface area contributed by atoms with Gasteiger partial charge in [0.25, 0.3) is 5.91 Å². The Morgan fingerprint density at radius 3 is 2.75 bits per heavy atom. The van der Waals surface area contributed by atoms with Crippen LogP contribution in [-0.2, 0) is 4.79 Å². The highest BCUT2D eigenvalue weighted by Gasteiger charge is 2.39. The van der Waals surface area contributed by atoms with Gasteiger partial charge in [0.1, 0.15) is 0 Å². The van der Waals surface area contributed by atoms with E-state index in [9.17, 15) is 9.59 Å². The highest BCUT2D eigenvalue weighted by molar-refractivity contribution is 6.05. The van der Waals surface area contributed by atoms with Crippen molar-refractivity contribution in [1.82, 2.24) is 10.6 Å². The first-order valence-corrected chi connectivity index (χ1v) is 8.47. The maximum absolute atomic E-state index is 12.6. The molecule has 2 aliphatic rings. The fourth-order valence-corrected chi connectivity index (χ4v) is 3.95. The van der Waals surface area contributed by atoms with E-state index < -0.39 is 0 Å². The van der Waals surface area contributed by atoms with Crippen LogP contribution in [-0.4, -0.2) is 29.9 Å². The Morgan fingerprint density at radius 1 is 1.17 bits per heavy atom. The molecule has 2 saturated heterocycles. The normalized spacial score (nSPS) is 25.0. The number of fused-ring (bicyclic) bond motifs is 3. The van der Waals surface area contributed by atoms with Crippen LogP contribution in [0.1, 0.15) is 36.5 Å². The first kappa shape index (κ1) is 15.1. The van der Waals surface area contributed by atoms with Crippen LogP contribution in [0.4, 0.5) is 5.69 Å². The van der Waals surface area contributed by atoms with Crippen LogP contribution >= 0.6 is 0 Å². The maximum atomic E-state index is 12.6. The number of hydrogen-bond donors (Lipinski definition) is 3. The number of nitrogens with one attached hydrogen (secondary N) is 3. The van der Waals surface area contributed by atoms with E-state index in [4.69, 9.17) is 0 Å². The predicted octanol–water partition coefficient (Wildman–Crippen LogP) is 2.42. The van der Waals surface area contributed by atoms with Crippen LogP contribution in [0.3, 0.4) is 0 Å². The van der Waals surface area contributed by atoms with Crippen LogP contribution in [0, 0.1) is 0 Å². The molecule has 2 fully saturated rings. The summed E-state index contributed by atoms with van der Waals surface area (Å²) in [5.74, 6) is -0.167. The molecular weight excluding hydrogens is 302 g/mol. The summed E-state index contributed by atoms with van der Waals surface area (Å²) in [6, 6.07) is 12.5. The number of amides is 2. The average Bonchev–Trinajstić information content (AvgIpc) is 3.17. The Balaban J connectivity index is 1.59. The van der Waals surface area contributed by atoms with Crippen molar-refractivity contribution in [2.45, 2.75) is 44.3 Å². The molecular formula is C19H21N3O2. The molecule has 2 bridgehead atoms. The van der Waals surface area contributed by atoms with Crippen molar-refractivity contribution < 1.29 is 9.59 Å². The summed E-state index contributed by atoms with van der Waals surface area (Å²) in [7, 11) is 0. The van der Waals surface area contributed by atoms with E-state index in [1.54, 1.807) is 0 Å². The lowest BCUT2D eigenvalue weighted by molar-refractivity contribution is -0.114. The lowest BCUT2D eigenvalue weighted by Gasteiger charge is -2.21. The fourth-order valence-electron chi connectivity index (χ4n) is 3.95. The van der Waals surface area contributed by atoms with Crippen molar-refractivity contribution in [3.8, 4) is 0 Å². The average molecular weight is 323 g/mol. The van der Waals surface area contributed by atoms with Crippen molar-refractivity contribution in [2.24, 2.45) is 0 Å². The molecule has 2 aromatic rings. The smallest absolute Gasteiger partial charge is 0.251 e. The third-order valence-corrected chi connectivity index (χ3v) is 5.07. The number of benzene rings is 2. The molecule has 0 aromatic heterocycles. The van der Waals surface area contributed by atoms with Crippen LogP contribution in [0.15, 0.2) is 36.4 Å². The number of rotatable bonds is 3. The second kappa shape index (κ2) is 5.91. The Bertz CT molecular complexity index is 817. The van der Waals surface area contributed by atoms with Crippen molar-refractivity contribution in [3.05, 3.63) is 42.0 Å². The van der Waals surface area contributed by atoms with Crippen molar-refractivity contribution in [3.63, 3.8) is 0 Å². The van der Waals surface area contributed by atoms with Gasteiger partial charge < -0.3 is 16.0 Å². The SMILES string of the molecule is CC(=O)Nc1cccc2ccc(C(=O)N[C@@H]3C[C@H]4CC[C@@H]3N4)cc12. The van der Waals surface area contributed by atoms with Gasteiger partial charge in [-0.05, 0) is 42.8 Å². The zero-order valence-corrected chi connectivity index (χ0v) is 13.6. The summed E-state index contributed by atoms with van der Waals surface area (Å²) in [4.78, 5) is 24.0. The molecule has 2 heterocycles. The van der Waals surface area contributed by atoms with Gasteiger partial charge in [-0.25, -0.2) is 0 Å². The lowest BCUT2D eigenvalue weighted by Crippen LogP contribution is -2.42. The first-order valence-electron chi connectivity index (χ1n) is 8.47. The van der Waals surface area contributed by atoms with E-state index in [1.807, 2.05) is 36.4 Å². The first-order chi connectivity index (χ1) is 11.6. The molecule has 2 aromatic carbocycles. The Morgan fingerprint density at radius 2 is 2.04 bits per heavy atom. The van der Waals surface area contributed by atoms with E-state index >= 15 is 0 Å². The number of carbonyl (C=O) groups is 2. The standard InChI is InChI=1S/C19H21N3O2/c1-11(23)20-16-4-2-3-12-5-6-13(9-15(12)16)19(24)22-18-10-14-7-8-17(18)21-14/h2-6,9,14,17-18,21H,7-8,10H2,1H3,(H,20,23)(H,22,24)/t14-,17+,18-/m1/s1. The van der Waals surface area contributed by atoms with E-state index in [-0.39, 0.29) is 17.9 Å². The zero-order chi connectivity index (χ0) is 16.7. The number of hydrogen-bond acceptors (Lipinski definition) is 3. The molecule has 5 heteroatoms. The van der Waals surface area contributed by atoms with Gasteiger partial charge in [0.15, 0.2) is 0 Å². The molecule has 2 amide bonds. The molecule has 4 rings (SSSR count). The maximum Gasteiger partial charge on any atom is 0.251 e. The minimum Gasteiger partial charge on any atom is -0.348 e. The van der Waals surface area contributed by atoms with Crippen molar-refractivity contribution in [2.75, 3.05) is 5.32 Å². The second-order valence-corrected chi connectivity index (χ2v) is 6.79. The van der Waals surface area contributed by atoms with Crippen LogP contribution in [0.5, 0.6) is 0 Å². The van der Waals surface area contributed by atoms with Crippen LogP contribution in [0.25, 0.3) is 10.8 Å². The minimum absolute atomic E-state index is 0.0473. The molecule has 0 unspecified atom stereocenters. The molecule has 0 radical (unpaired) electrons. The van der Waals surface area contributed by atoms with E-state index in [1.165, 1.54) is 13.3 Å². The number of carbonyl (C=O) groups excluding carboxylic acids is 2. The monoisotopic (exact) mass is 323 g/mol. The van der Waals surface area contributed by atoms with E-state index in [0.29, 0.717) is 17.6 Å². The van der Waals surface area contributed by atoms with E-state index in [2.05, 4.69) is 16.0 Å². The van der Waals surface area contributed by atoms with Gasteiger partial charge in [-0.2, -0.15) is 0 Å². The Labute approximate surface area is 140 Å². The summed E-state index contributed by atoms with van der Waals surface area (Å²) >= 11 is 0. The molecule has 124 valence electrons. The third kappa shape index (κ3) is 2.76. The summed E-state index contributed by atoms with van der Waals surface area (Å²) in [6.07, 6.45) is 3.37. The third-order valence-electron chi connectivity index (χ3n) is 5.07. The highest BCUT2D eigenvalue weighted by Crippen LogP contribution is 2.29. The summed E-state index contributed by atoms with van der Waals surface area (Å²) in [6.45, 7) is 1.48. The molecule has 0 spiro atoms. The molecule has 0 aliphatic carbocycles. The summed E-state index contributed by atoms with van der Waals surface area (Å²) in [5.41, 5.74) is 1.36. The van der Waals surface area contributed by atoms with Gasteiger partial charge in [-0.3, -0.25) is 9.59 Å². The lowest BCUT2D eigenvalue weighted by atomic mass is 9.95. The summed E-state index contributed by atoms with van der Waals surface area (Å²) < 4.78 is 0. The van der Waals surface area contributed by atoms with Crippen molar-refractivity contribution >= 4 is 28.3 Å². The van der Waals surface area contributed by atoms with Gasteiger partial charge in [-0.1, -0.05) is 18.2 Å². The molecule has 3 N–H and O–H groups in total. The molecule has 3 atom stereocenters. The Kier molecular flexibility index (Phi) is 3.73. The number of anilines is 1. The topological polar surface area (TPSA) is 70.2 Å². The van der Waals surface area contributed by atoms with Gasteiger partial charge in [0, 0.05) is 41.7 Å². The fraction of sp³-hybridized carbons (Fsp3) is 0.368. The van der Waals surface area contributed by atoms with Crippen LogP contribution in [0.2, 0.25) is 0 Å². The van der Waals surface area contributed by atoms with Crippen molar-refractivity contribution in [1.29, 1.82) is 0 Å². The van der Waals surface area contributed by atoms with E-state index in [0.717, 1.165) is 29.3 Å². The molecule has 2 aliphatic heterocycles. The van der Waals surface area contributed by atoms with Crippen LogP contribution < -0.4 is 16.0 Å². The molecule has 0 saturated carbocycles. The largest absolute Gasteiger partial charge is 0.348 e. The Hall–Kier alpha value is -2.40. The van der Waals surface area contributed by atoms with Gasteiger partial charge in [-0.15, -0.1) is 0 Å². The molecule has 5 nitrogen and oxygen atoms in total. The second-order valence-electron chi connectivity index (χ2n) is 6.79. The minimum atomic E-state index is -0.120. The highest BCUT2D eigenvalue weighted by atomic mass is 16.2. The quantitative estimate of drug-likeness (QED) is 0.812. The van der Waals surface area contributed by atoms with Gasteiger partial charge in [0.2, 0.25) is 5.91 Å². The summed E-state index contributed by atoms with van der Waals surface area (Å²) in [5, 5.41) is 11.4.